The van der Waals surface area contributed by atoms with Gasteiger partial charge in [0.05, 0.1) is 12.9 Å². The van der Waals surface area contributed by atoms with E-state index in [2.05, 4.69) is 13.5 Å². The molecule has 0 spiro atoms. The number of hydrogen-bond donors (Lipinski definition) is 0. The molecule has 0 bridgehead atoms. The molecule has 1 heteroatoms. The highest BCUT2D eigenvalue weighted by atomic mass is 16.5. The van der Waals surface area contributed by atoms with E-state index in [4.69, 9.17) is 4.74 Å². The summed E-state index contributed by atoms with van der Waals surface area (Å²) >= 11 is 0. The maximum atomic E-state index is 5.16. The number of hydrogen-bond acceptors (Lipinski definition) is 1. The van der Waals surface area contributed by atoms with E-state index in [0.29, 0.717) is 0 Å². The zero-order chi connectivity index (χ0) is 8.69. The summed E-state index contributed by atoms with van der Waals surface area (Å²) in [4.78, 5) is 0. The van der Waals surface area contributed by atoms with Crippen LogP contribution in [0.25, 0.3) is 0 Å². The summed E-state index contributed by atoms with van der Waals surface area (Å²) in [7, 11) is 1.71. The molecular formula is C10H18O. The van der Waals surface area contributed by atoms with Gasteiger partial charge in [-0.3, -0.25) is 0 Å². The van der Waals surface area contributed by atoms with Crippen LogP contribution < -0.4 is 0 Å². The van der Waals surface area contributed by atoms with E-state index in [1.54, 1.807) is 7.11 Å². The van der Waals surface area contributed by atoms with Crippen LogP contribution in [0.3, 0.4) is 0 Å². The van der Waals surface area contributed by atoms with Crippen molar-refractivity contribution in [2.24, 2.45) is 0 Å². The third-order valence-electron chi connectivity index (χ3n) is 1.45. The van der Waals surface area contributed by atoms with Gasteiger partial charge in [-0.25, -0.2) is 0 Å². The average molecular weight is 154 g/mol. The van der Waals surface area contributed by atoms with Gasteiger partial charge in [0.1, 0.15) is 0 Å². The van der Waals surface area contributed by atoms with Crippen LogP contribution in [0, 0.1) is 0 Å². The van der Waals surface area contributed by atoms with Crippen LogP contribution in [0.4, 0.5) is 0 Å². The van der Waals surface area contributed by atoms with Gasteiger partial charge in [0.25, 0.3) is 0 Å². The fourth-order valence-corrected chi connectivity index (χ4v) is 0.859. The van der Waals surface area contributed by atoms with Gasteiger partial charge in [-0.05, 0) is 19.4 Å². The Hall–Kier alpha value is -0.720. The molecule has 0 rings (SSSR count). The van der Waals surface area contributed by atoms with Crippen molar-refractivity contribution < 1.29 is 4.74 Å². The molecule has 1 nitrogen and oxygen atoms in total. The molecule has 0 aromatic carbocycles. The number of rotatable bonds is 5. The summed E-state index contributed by atoms with van der Waals surface area (Å²) in [6, 6.07) is 0. The molecule has 0 radical (unpaired) electrons. The van der Waals surface area contributed by atoms with Crippen LogP contribution in [-0.2, 0) is 4.74 Å². The van der Waals surface area contributed by atoms with Gasteiger partial charge in [-0.2, -0.15) is 0 Å². The first-order valence-corrected chi connectivity index (χ1v) is 4.10. The highest BCUT2D eigenvalue weighted by Gasteiger charge is 1.93. The van der Waals surface area contributed by atoms with Gasteiger partial charge < -0.3 is 4.74 Å². The second-order valence-electron chi connectivity index (χ2n) is 2.76. The predicted octanol–water partition coefficient (Wildman–Crippen LogP) is 3.28. The molecule has 0 aliphatic carbocycles. The second kappa shape index (κ2) is 6.02. The largest absolute Gasteiger partial charge is 0.501 e. The topological polar surface area (TPSA) is 9.23 Å². The van der Waals surface area contributed by atoms with E-state index in [1.807, 2.05) is 13.0 Å². The summed E-state index contributed by atoms with van der Waals surface area (Å²) in [5.74, 6) is 1.04. The fourth-order valence-electron chi connectivity index (χ4n) is 0.859. The van der Waals surface area contributed by atoms with Crippen LogP contribution in [0.1, 0.15) is 33.1 Å². The molecule has 0 saturated heterocycles. The van der Waals surface area contributed by atoms with E-state index in [1.165, 1.54) is 12.8 Å². The molecule has 0 aromatic heterocycles. The summed E-state index contributed by atoms with van der Waals surface area (Å²) in [6.45, 7) is 7.95. The summed E-state index contributed by atoms with van der Waals surface area (Å²) in [6.07, 6.45) is 5.42. The third-order valence-corrected chi connectivity index (χ3v) is 1.45. The molecule has 0 amide bonds. The Morgan fingerprint density at radius 1 is 1.55 bits per heavy atom. The van der Waals surface area contributed by atoms with Crippen LogP contribution >= 0.6 is 0 Å². The number of unbranched alkanes of at least 4 members (excludes halogenated alkanes) is 1. The third kappa shape index (κ3) is 5.71. The van der Waals surface area contributed by atoms with Gasteiger partial charge in [-0.1, -0.05) is 25.5 Å². The summed E-state index contributed by atoms with van der Waals surface area (Å²) in [5, 5.41) is 0. The van der Waals surface area contributed by atoms with Crippen molar-refractivity contribution in [3.63, 3.8) is 0 Å². The van der Waals surface area contributed by atoms with Crippen molar-refractivity contribution in [1.29, 1.82) is 0 Å². The Balaban J connectivity index is 3.84. The van der Waals surface area contributed by atoms with Crippen molar-refractivity contribution in [2.45, 2.75) is 33.1 Å². The lowest BCUT2D eigenvalue weighted by Crippen LogP contribution is -1.87. The minimum atomic E-state index is 1.03. The molecule has 0 aromatic rings. The van der Waals surface area contributed by atoms with E-state index < -0.39 is 0 Å². The van der Waals surface area contributed by atoms with Gasteiger partial charge >= 0.3 is 0 Å². The SMILES string of the molecule is C=C(C)/C=C(/CCCC)OC. The Kier molecular flexibility index (Phi) is 5.63. The molecule has 64 valence electrons. The maximum Gasteiger partial charge on any atom is 0.0957 e. The summed E-state index contributed by atoms with van der Waals surface area (Å²) < 4.78 is 5.16. The number of methoxy groups -OCH3 is 1. The lowest BCUT2D eigenvalue weighted by molar-refractivity contribution is 0.274. The monoisotopic (exact) mass is 154 g/mol. The van der Waals surface area contributed by atoms with Gasteiger partial charge in [0, 0.05) is 6.42 Å². The van der Waals surface area contributed by atoms with Crippen molar-refractivity contribution in [3.05, 3.63) is 24.0 Å². The normalized spacial score (nSPS) is 11.4. The Morgan fingerprint density at radius 3 is 2.55 bits per heavy atom. The number of allylic oxidation sites excluding steroid dienone is 3. The molecule has 0 aliphatic heterocycles. The van der Waals surface area contributed by atoms with Crippen LogP contribution in [0.15, 0.2) is 24.0 Å². The molecule has 0 unspecified atom stereocenters. The van der Waals surface area contributed by atoms with Crippen molar-refractivity contribution in [2.75, 3.05) is 7.11 Å². The quantitative estimate of drug-likeness (QED) is 0.436. The van der Waals surface area contributed by atoms with E-state index in [0.717, 1.165) is 17.8 Å². The first-order valence-electron chi connectivity index (χ1n) is 4.10. The standard InChI is InChI=1S/C10H18O/c1-5-6-7-10(11-4)8-9(2)3/h8H,2,5-7H2,1,3-4H3/b10-8-. The Bertz CT molecular complexity index is 145. The van der Waals surface area contributed by atoms with Gasteiger partial charge in [0.2, 0.25) is 0 Å². The van der Waals surface area contributed by atoms with E-state index in [-0.39, 0.29) is 0 Å². The van der Waals surface area contributed by atoms with E-state index >= 15 is 0 Å². The molecule has 0 fully saturated rings. The minimum Gasteiger partial charge on any atom is -0.501 e. The highest BCUT2D eigenvalue weighted by Crippen LogP contribution is 2.09. The fraction of sp³-hybridized carbons (Fsp3) is 0.600. The molecule has 0 saturated carbocycles. The highest BCUT2D eigenvalue weighted by molar-refractivity contribution is 5.14. The minimum absolute atomic E-state index is 1.03. The average Bonchev–Trinajstić information content (AvgIpc) is 1.97. The lowest BCUT2D eigenvalue weighted by atomic mass is 10.2. The van der Waals surface area contributed by atoms with Crippen molar-refractivity contribution in [1.82, 2.24) is 0 Å². The maximum absolute atomic E-state index is 5.16. The first kappa shape index (κ1) is 10.3. The van der Waals surface area contributed by atoms with Crippen molar-refractivity contribution >= 4 is 0 Å². The van der Waals surface area contributed by atoms with Gasteiger partial charge in [0.15, 0.2) is 0 Å². The molecule has 0 heterocycles. The van der Waals surface area contributed by atoms with E-state index in [9.17, 15) is 0 Å². The second-order valence-corrected chi connectivity index (χ2v) is 2.76. The van der Waals surface area contributed by atoms with Gasteiger partial charge in [-0.15, -0.1) is 0 Å². The molecule has 0 aliphatic rings. The van der Waals surface area contributed by atoms with Crippen LogP contribution in [0.5, 0.6) is 0 Å². The molecule has 11 heavy (non-hydrogen) atoms. The zero-order valence-corrected chi connectivity index (χ0v) is 7.81. The lowest BCUT2D eigenvalue weighted by Gasteiger charge is -2.04. The molecular weight excluding hydrogens is 136 g/mol. The molecule has 0 atom stereocenters. The molecule has 0 N–H and O–H groups in total. The van der Waals surface area contributed by atoms with Crippen molar-refractivity contribution in [3.8, 4) is 0 Å². The van der Waals surface area contributed by atoms with Crippen LogP contribution in [-0.4, -0.2) is 7.11 Å². The first-order chi connectivity index (χ1) is 5.20. The zero-order valence-electron chi connectivity index (χ0n) is 7.81. The predicted molar refractivity (Wildman–Crippen MR) is 49.4 cm³/mol. The van der Waals surface area contributed by atoms with Crippen LogP contribution in [0.2, 0.25) is 0 Å². The smallest absolute Gasteiger partial charge is 0.0957 e. The number of ether oxygens (including phenoxy) is 1. The Labute approximate surface area is 69.8 Å². The summed E-state index contributed by atoms with van der Waals surface area (Å²) in [5.41, 5.74) is 1.05. The Morgan fingerprint density at radius 2 is 2.18 bits per heavy atom.